The summed E-state index contributed by atoms with van der Waals surface area (Å²) in [4.78, 5) is 15.7. The van der Waals surface area contributed by atoms with Crippen LogP contribution >= 0.6 is 0 Å². The number of hydrogen-bond acceptors (Lipinski definition) is 4. The number of carbonyl (C=O) groups excluding carboxylic acids is 1. The molecule has 3 rings (SSSR count). The van der Waals surface area contributed by atoms with Crippen molar-refractivity contribution in [3.05, 3.63) is 11.7 Å². The van der Waals surface area contributed by atoms with Crippen molar-refractivity contribution in [3.8, 4) is 0 Å². The van der Waals surface area contributed by atoms with Gasteiger partial charge in [0.15, 0.2) is 5.82 Å². The molecule has 0 bridgehead atoms. The van der Waals surface area contributed by atoms with E-state index in [0.717, 1.165) is 17.7 Å². The molecule has 104 valence electrons. The number of nitrogens with one attached hydrogen (secondary N) is 1. The molecule has 5 heteroatoms. The van der Waals surface area contributed by atoms with Crippen LogP contribution in [0.2, 0.25) is 0 Å². The minimum Gasteiger partial charge on any atom is -0.344 e. The molecule has 0 unspecified atom stereocenters. The smallest absolute Gasteiger partial charge is 0.230 e. The highest BCUT2D eigenvalue weighted by Crippen LogP contribution is 2.60. The quantitative estimate of drug-likeness (QED) is 0.909. The second-order valence-corrected chi connectivity index (χ2v) is 6.40. The van der Waals surface area contributed by atoms with Crippen LogP contribution in [0.1, 0.15) is 64.1 Å². The number of hydrogen-bond donors (Lipinski definition) is 1. The van der Waals surface area contributed by atoms with Gasteiger partial charge in [-0.25, -0.2) is 0 Å². The minimum absolute atomic E-state index is 0.0866. The second-order valence-electron chi connectivity index (χ2n) is 6.40. The minimum atomic E-state index is -0.576. The monoisotopic (exact) mass is 263 g/mol. The molecular formula is C14H21N3O2. The number of fused-ring (bicyclic) bond motifs is 1. The molecule has 0 saturated heterocycles. The van der Waals surface area contributed by atoms with Gasteiger partial charge in [-0.1, -0.05) is 18.0 Å². The molecule has 2 atom stereocenters. The van der Waals surface area contributed by atoms with Crippen molar-refractivity contribution in [2.75, 3.05) is 0 Å². The Bertz CT molecular complexity index is 483. The summed E-state index contributed by atoms with van der Waals surface area (Å²) in [7, 11) is 0. The van der Waals surface area contributed by atoms with Crippen LogP contribution in [0, 0.1) is 11.8 Å². The zero-order valence-electron chi connectivity index (χ0n) is 11.8. The topological polar surface area (TPSA) is 68.0 Å². The van der Waals surface area contributed by atoms with Crippen LogP contribution in [0.4, 0.5) is 0 Å². The maximum absolute atomic E-state index is 11.2. The fourth-order valence-corrected chi connectivity index (χ4v) is 3.48. The summed E-state index contributed by atoms with van der Waals surface area (Å²) in [6.07, 6.45) is 5.25. The van der Waals surface area contributed by atoms with Gasteiger partial charge in [-0.15, -0.1) is 0 Å². The summed E-state index contributed by atoms with van der Waals surface area (Å²) < 4.78 is 5.44. The molecule has 1 aromatic rings. The molecule has 0 aliphatic heterocycles. The zero-order chi connectivity index (χ0) is 13.6. The molecule has 1 aromatic heterocycles. The van der Waals surface area contributed by atoms with E-state index < -0.39 is 5.54 Å². The summed E-state index contributed by atoms with van der Waals surface area (Å²) in [5.41, 5.74) is -0.576. The van der Waals surface area contributed by atoms with Crippen molar-refractivity contribution in [2.24, 2.45) is 11.8 Å². The van der Waals surface area contributed by atoms with Gasteiger partial charge in [-0.2, -0.15) is 4.98 Å². The molecule has 1 amide bonds. The van der Waals surface area contributed by atoms with Crippen molar-refractivity contribution in [1.82, 2.24) is 15.5 Å². The molecule has 0 aromatic carbocycles. The van der Waals surface area contributed by atoms with Crippen LogP contribution in [0.3, 0.4) is 0 Å². The highest BCUT2D eigenvalue weighted by Gasteiger charge is 2.54. The van der Waals surface area contributed by atoms with Crippen molar-refractivity contribution in [3.63, 3.8) is 0 Å². The molecular weight excluding hydrogens is 242 g/mol. The maximum Gasteiger partial charge on any atom is 0.230 e. The average Bonchev–Trinajstić information content (AvgIpc) is 2.83. The number of carbonyl (C=O) groups is 1. The van der Waals surface area contributed by atoms with Crippen LogP contribution in [-0.4, -0.2) is 16.0 Å². The van der Waals surface area contributed by atoms with E-state index >= 15 is 0 Å². The van der Waals surface area contributed by atoms with Crippen molar-refractivity contribution >= 4 is 5.91 Å². The third kappa shape index (κ3) is 2.26. The molecule has 0 spiro atoms. The van der Waals surface area contributed by atoms with E-state index in [9.17, 15) is 4.79 Å². The number of nitrogens with zero attached hydrogens (tertiary/aromatic N) is 2. The van der Waals surface area contributed by atoms with Crippen molar-refractivity contribution in [1.29, 1.82) is 0 Å². The standard InChI is InChI=1S/C14H21N3O2/c1-8(18)16-14(2,3)13-15-12(19-17-13)11-9-6-4-5-7-10(9)11/h9-11H,4-7H2,1-3H3,(H,16,18)/t9-,10-/m1/s1. The predicted molar refractivity (Wildman–Crippen MR) is 69.3 cm³/mol. The Balaban J connectivity index is 1.75. The van der Waals surface area contributed by atoms with Gasteiger partial charge in [-0.3, -0.25) is 4.79 Å². The molecule has 2 aliphatic rings. The van der Waals surface area contributed by atoms with Crippen LogP contribution < -0.4 is 5.32 Å². The number of rotatable bonds is 3. The van der Waals surface area contributed by atoms with E-state index in [-0.39, 0.29) is 5.91 Å². The Morgan fingerprint density at radius 3 is 2.53 bits per heavy atom. The molecule has 19 heavy (non-hydrogen) atoms. The Morgan fingerprint density at radius 1 is 1.32 bits per heavy atom. The average molecular weight is 263 g/mol. The summed E-state index contributed by atoms with van der Waals surface area (Å²) in [5, 5.41) is 6.91. The SMILES string of the molecule is CC(=O)NC(C)(C)c1noc(C2[C@@H]3CCCC[C@@H]23)n1. The largest absolute Gasteiger partial charge is 0.344 e. The van der Waals surface area contributed by atoms with Crippen LogP contribution in [0.25, 0.3) is 0 Å². The predicted octanol–water partition coefficient (Wildman–Crippen LogP) is 2.34. The fourth-order valence-electron chi connectivity index (χ4n) is 3.48. The number of aromatic nitrogens is 2. The van der Waals surface area contributed by atoms with Gasteiger partial charge in [0, 0.05) is 12.8 Å². The Hall–Kier alpha value is -1.39. The third-order valence-corrected chi connectivity index (χ3v) is 4.43. The van der Waals surface area contributed by atoms with E-state index in [0.29, 0.717) is 11.7 Å². The number of amides is 1. The Kier molecular flexibility index (Phi) is 2.87. The lowest BCUT2D eigenvalue weighted by atomic mass is 10.0. The third-order valence-electron chi connectivity index (χ3n) is 4.43. The van der Waals surface area contributed by atoms with E-state index in [1.165, 1.54) is 32.6 Å². The molecule has 1 heterocycles. The van der Waals surface area contributed by atoms with Crippen molar-refractivity contribution in [2.45, 2.75) is 57.9 Å². The van der Waals surface area contributed by atoms with Gasteiger partial charge in [0.1, 0.15) is 0 Å². The lowest BCUT2D eigenvalue weighted by Crippen LogP contribution is -2.40. The summed E-state index contributed by atoms with van der Waals surface area (Å²) in [6, 6.07) is 0. The lowest BCUT2D eigenvalue weighted by Gasteiger charge is -2.20. The summed E-state index contributed by atoms with van der Waals surface area (Å²) in [5.74, 6) is 3.23. The molecule has 0 radical (unpaired) electrons. The Labute approximate surface area is 113 Å². The maximum atomic E-state index is 11.2. The van der Waals surface area contributed by atoms with E-state index in [1.807, 2.05) is 13.8 Å². The fraction of sp³-hybridized carbons (Fsp3) is 0.786. The molecule has 2 saturated carbocycles. The summed E-state index contributed by atoms with van der Waals surface area (Å²) >= 11 is 0. The molecule has 2 fully saturated rings. The van der Waals surface area contributed by atoms with Gasteiger partial charge in [0.05, 0.1) is 5.54 Å². The molecule has 5 nitrogen and oxygen atoms in total. The highest BCUT2D eigenvalue weighted by atomic mass is 16.5. The first kappa shape index (κ1) is 12.6. The van der Waals surface area contributed by atoms with Crippen LogP contribution in [0.5, 0.6) is 0 Å². The first-order chi connectivity index (χ1) is 8.99. The van der Waals surface area contributed by atoms with Gasteiger partial charge >= 0.3 is 0 Å². The van der Waals surface area contributed by atoms with Crippen LogP contribution in [0.15, 0.2) is 4.52 Å². The normalized spacial score (nSPS) is 29.7. The first-order valence-electron chi connectivity index (χ1n) is 7.12. The second kappa shape index (κ2) is 4.32. The zero-order valence-corrected chi connectivity index (χ0v) is 11.8. The molecule has 1 N–H and O–H groups in total. The van der Waals surface area contributed by atoms with Crippen molar-refractivity contribution < 1.29 is 9.32 Å². The highest BCUT2D eigenvalue weighted by molar-refractivity contribution is 5.73. The van der Waals surface area contributed by atoms with E-state index in [4.69, 9.17) is 4.52 Å². The van der Waals surface area contributed by atoms with Gasteiger partial charge in [0.25, 0.3) is 0 Å². The van der Waals surface area contributed by atoms with Gasteiger partial charge in [0.2, 0.25) is 11.8 Å². The van der Waals surface area contributed by atoms with E-state index in [1.54, 1.807) is 0 Å². The first-order valence-corrected chi connectivity index (χ1v) is 7.12. The van der Waals surface area contributed by atoms with E-state index in [2.05, 4.69) is 15.5 Å². The Morgan fingerprint density at radius 2 is 1.95 bits per heavy atom. The summed E-state index contributed by atoms with van der Waals surface area (Å²) in [6.45, 7) is 5.28. The lowest BCUT2D eigenvalue weighted by molar-refractivity contribution is -0.120. The van der Waals surface area contributed by atoms with Gasteiger partial charge < -0.3 is 9.84 Å². The van der Waals surface area contributed by atoms with Crippen LogP contribution in [-0.2, 0) is 10.3 Å². The molecule has 2 aliphatic carbocycles. The van der Waals surface area contributed by atoms with Gasteiger partial charge in [-0.05, 0) is 38.5 Å².